The molecule has 1 amide bonds. The quantitative estimate of drug-likeness (QED) is 0.592. The Morgan fingerprint density at radius 2 is 2.00 bits per heavy atom. The third-order valence-corrected chi connectivity index (χ3v) is 5.93. The van der Waals surface area contributed by atoms with E-state index in [0.717, 1.165) is 36.6 Å². The van der Waals surface area contributed by atoms with E-state index in [4.69, 9.17) is 9.47 Å². The van der Waals surface area contributed by atoms with Crippen LogP contribution in [0.25, 0.3) is 10.9 Å². The normalized spacial score (nSPS) is 15.0. The summed E-state index contributed by atoms with van der Waals surface area (Å²) in [5, 5.41) is 12.1. The summed E-state index contributed by atoms with van der Waals surface area (Å²) in [6, 6.07) is 13.5. The number of nitrogens with zero attached hydrogens (tertiary/aromatic N) is 2. The lowest BCUT2D eigenvalue weighted by atomic mass is 9.78. The molecule has 1 aliphatic carbocycles. The van der Waals surface area contributed by atoms with Crippen molar-refractivity contribution in [1.82, 2.24) is 15.5 Å². The van der Waals surface area contributed by atoms with E-state index in [2.05, 4.69) is 28.2 Å². The topological polar surface area (TPSA) is 73.3 Å². The van der Waals surface area contributed by atoms with Crippen molar-refractivity contribution in [2.75, 3.05) is 13.7 Å². The zero-order valence-electron chi connectivity index (χ0n) is 17.1. The van der Waals surface area contributed by atoms with Crippen LogP contribution < -0.4 is 14.8 Å². The summed E-state index contributed by atoms with van der Waals surface area (Å²) in [7, 11) is 1.62. The van der Waals surface area contributed by atoms with E-state index in [9.17, 15) is 4.79 Å². The van der Waals surface area contributed by atoms with Gasteiger partial charge in [-0.1, -0.05) is 43.7 Å². The van der Waals surface area contributed by atoms with Crippen LogP contribution in [0.3, 0.4) is 0 Å². The first kappa shape index (κ1) is 19.9. The Labute approximate surface area is 175 Å². The van der Waals surface area contributed by atoms with Crippen molar-refractivity contribution in [3.8, 4) is 11.5 Å². The summed E-state index contributed by atoms with van der Waals surface area (Å²) >= 11 is 0. The number of carbonyl (C=O) groups is 1. The second-order valence-electron chi connectivity index (χ2n) is 7.60. The molecule has 3 aromatic rings. The Balaban J connectivity index is 1.59. The van der Waals surface area contributed by atoms with Crippen molar-refractivity contribution in [2.45, 2.75) is 31.1 Å². The summed E-state index contributed by atoms with van der Waals surface area (Å²) in [5.74, 6) is 1.16. The van der Waals surface area contributed by atoms with Crippen molar-refractivity contribution in [3.63, 3.8) is 0 Å². The first-order valence-corrected chi connectivity index (χ1v) is 10.1. The van der Waals surface area contributed by atoms with E-state index in [1.54, 1.807) is 7.11 Å². The monoisotopic (exact) mass is 403 g/mol. The van der Waals surface area contributed by atoms with Crippen molar-refractivity contribution in [3.05, 3.63) is 72.6 Å². The second kappa shape index (κ2) is 8.53. The maximum atomic E-state index is 13.0. The van der Waals surface area contributed by atoms with Crippen LogP contribution in [0.15, 0.2) is 61.5 Å². The van der Waals surface area contributed by atoms with Gasteiger partial charge in [0.2, 0.25) is 0 Å². The number of benzene rings is 2. The van der Waals surface area contributed by atoms with Crippen LogP contribution in [0.4, 0.5) is 0 Å². The van der Waals surface area contributed by atoms with Crippen LogP contribution in [0.2, 0.25) is 0 Å². The lowest BCUT2D eigenvalue weighted by Gasteiger charge is -2.30. The summed E-state index contributed by atoms with van der Waals surface area (Å²) < 4.78 is 10.9. The van der Waals surface area contributed by atoms with E-state index in [1.807, 2.05) is 36.4 Å². The minimum atomic E-state index is -0.133. The van der Waals surface area contributed by atoms with Gasteiger partial charge in [-0.15, -0.1) is 0 Å². The molecule has 0 atom stereocenters. The number of ether oxygens (including phenoxy) is 2. The Morgan fingerprint density at radius 1 is 1.20 bits per heavy atom. The molecule has 0 aliphatic heterocycles. The first-order valence-electron chi connectivity index (χ1n) is 10.1. The van der Waals surface area contributed by atoms with E-state index >= 15 is 0 Å². The fourth-order valence-electron chi connectivity index (χ4n) is 4.34. The number of rotatable bonds is 7. The predicted octanol–water partition coefficient (Wildman–Crippen LogP) is 4.40. The molecule has 2 aromatic carbocycles. The summed E-state index contributed by atoms with van der Waals surface area (Å²) in [6.07, 6.45) is 7.19. The molecule has 1 N–H and O–H groups in total. The fraction of sp³-hybridized carbons (Fsp3) is 0.292. The number of nitrogens with one attached hydrogen (secondary N) is 1. The minimum absolute atomic E-state index is 0.133. The largest absolute Gasteiger partial charge is 0.493 e. The smallest absolute Gasteiger partial charge is 0.253 e. The van der Waals surface area contributed by atoms with Gasteiger partial charge in [0.25, 0.3) is 5.91 Å². The molecule has 6 nitrogen and oxygen atoms in total. The number of aromatic nitrogens is 2. The molecule has 1 fully saturated rings. The number of hydrogen-bond donors (Lipinski definition) is 1. The van der Waals surface area contributed by atoms with Gasteiger partial charge in [-0.2, -0.15) is 10.2 Å². The van der Waals surface area contributed by atoms with Crippen molar-refractivity contribution < 1.29 is 14.3 Å². The maximum Gasteiger partial charge on any atom is 0.253 e. The molecule has 1 saturated carbocycles. The van der Waals surface area contributed by atoms with E-state index in [-0.39, 0.29) is 11.3 Å². The molecule has 1 aromatic heterocycles. The third-order valence-electron chi connectivity index (χ3n) is 5.93. The van der Waals surface area contributed by atoms with E-state index < -0.39 is 0 Å². The molecular weight excluding hydrogens is 378 g/mol. The van der Waals surface area contributed by atoms with Gasteiger partial charge in [-0.05, 0) is 36.6 Å². The van der Waals surface area contributed by atoms with Crippen LogP contribution in [0.1, 0.15) is 41.6 Å². The van der Waals surface area contributed by atoms with Crippen LogP contribution >= 0.6 is 0 Å². The average molecular weight is 403 g/mol. The molecule has 0 radical (unpaired) electrons. The van der Waals surface area contributed by atoms with Gasteiger partial charge in [0.15, 0.2) is 11.5 Å². The maximum absolute atomic E-state index is 13.0. The lowest BCUT2D eigenvalue weighted by Crippen LogP contribution is -2.39. The first-order chi connectivity index (χ1) is 14.7. The number of fused-ring (bicyclic) bond motifs is 1. The van der Waals surface area contributed by atoms with Gasteiger partial charge in [-0.3, -0.25) is 4.79 Å². The lowest BCUT2D eigenvalue weighted by molar-refractivity contribution is 0.0944. The molecule has 1 aliphatic rings. The molecule has 154 valence electrons. The molecule has 0 bridgehead atoms. The molecular formula is C24H25N3O3. The summed E-state index contributed by atoms with van der Waals surface area (Å²) in [5.41, 5.74) is 2.27. The van der Waals surface area contributed by atoms with Crippen LogP contribution in [0, 0.1) is 0 Å². The highest BCUT2D eigenvalue weighted by Gasteiger charge is 2.36. The summed E-state index contributed by atoms with van der Waals surface area (Å²) in [6.45, 7) is 4.16. The number of carbonyl (C=O) groups excluding carboxylic acids is 1. The van der Waals surface area contributed by atoms with Gasteiger partial charge in [0.1, 0.15) is 0 Å². The highest BCUT2D eigenvalue weighted by atomic mass is 16.5. The molecule has 1 heterocycles. The molecule has 4 rings (SSSR count). The van der Waals surface area contributed by atoms with Gasteiger partial charge in [-0.25, -0.2) is 0 Å². The zero-order valence-corrected chi connectivity index (χ0v) is 17.1. The van der Waals surface area contributed by atoms with Gasteiger partial charge >= 0.3 is 0 Å². The van der Waals surface area contributed by atoms with Crippen molar-refractivity contribution in [2.24, 2.45) is 0 Å². The van der Waals surface area contributed by atoms with Crippen molar-refractivity contribution >= 4 is 16.8 Å². The summed E-state index contributed by atoms with van der Waals surface area (Å²) in [4.78, 5) is 13.0. The highest BCUT2D eigenvalue weighted by molar-refractivity contribution is 6.05. The molecule has 6 heteroatoms. The SMILES string of the molecule is C=COc1ccc(C2(CNC(=O)c3cnnc4ccccc34)CCCC2)cc1OC. The molecule has 0 spiro atoms. The highest BCUT2D eigenvalue weighted by Crippen LogP contribution is 2.43. The van der Waals surface area contributed by atoms with Crippen LogP contribution in [-0.2, 0) is 5.41 Å². The van der Waals surface area contributed by atoms with Crippen LogP contribution in [0.5, 0.6) is 11.5 Å². The van der Waals surface area contributed by atoms with E-state index in [1.165, 1.54) is 12.5 Å². The average Bonchev–Trinajstić information content (AvgIpc) is 3.27. The second-order valence-corrected chi connectivity index (χ2v) is 7.60. The molecule has 30 heavy (non-hydrogen) atoms. The van der Waals surface area contributed by atoms with Gasteiger partial charge in [0, 0.05) is 17.3 Å². The Kier molecular flexibility index (Phi) is 5.65. The third kappa shape index (κ3) is 3.73. The van der Waals surface area contributed by atoms with Crippen molar-refractivity contribution in [1.29, 1.82) is 0 Å². The van der Waals surface area contributed by atoms with Gasteiger partial charge < -0.3 is 14.8 Å². The Bertz CT molecular complexity index is 1070. The molecule has 0 unspecified atom stereocenters. The van der Waals surface area contributed by atoms with Crippen LogP contribution in [-0.4, -0.2) is 29.8 Å². The van der Waals surface area contributed by atoms with E-state index in [0.29, 0.717) is 29.1 Å². The zero-order chi connectivity index (χ0) is 21.0. The number of amides is 1. The predicted molar refractivity (Wildman–Crippen MR) is 116 cm³/mol. The Hall–Kier alpha value is -3.41. The number of hydrogen-bond acceptors (Lipinski definition) is 5. The fourth-order valence-corrected chi connectivity index (χ4v) is 4.34. The standard InChI is InChI=1S/C24H25N3O3/c1-3-30-21-11-10-17(14-22(21)29-2)24(12-6-7-13-24)16-25-23(28)19-15-26-27-20-9-5-4-8-18(19)20/h3-5,8-11,14-15H,1,6-7,12-13,16H2,2H3,(H,25,28). The molecule has 0 saturated heterocycles. The van der Waals surface area contributed by atoms with Gasteiger partial charge in [0.05, 0.1) is 30.6 Å². The minimum Gasteiger partial charge on any atom is -0.493 e. The number of methoxy groups -OCH3 is 1. The Morgan fingerprint density at radius 3 is 2.77 bits per heavy atom.